The highest BCUT2D eigenvalue weighted by Gasteiger charge is 2.42. The van der Waals surface area contributed by atoms with E-state index in [9.17, 15) is 4.79 Å². The highest BCUT2D eigenvalue weighted by atomic mass is 35.5. The van der Waals surface area contributed by atoms with E-state index in [1.54, 1.807) is 28.0 Å². The van der Waals surface area contributed by atoms with Crippen LogP contribution in [0.25, 0.3) is 21.1 Å². The van der Waals surface area contributed by atoms with Gasteiger partial charge in [0.25, 0.3) is 0 Å². The van der Waals surface area contributed by atoms with E-state index in [-0.39, 0.29) is 16.5 Å². The number of hydrogen-bond acceptors (Lipinski definition) is 5. The van der Waals surface area contributed by atoms with Gasteiger partial charge in [-0.05, 0) is 56.7 Å². The molecule has 0 bridgehead atoms. The largest absolute Gasteiger partial charge is 0.273 e. The smallest absolute Gasteiger partial charge is 0.242 e. The fourth-order valence-electron chi connectivity index (χ4n) is 3.62. The Kier molecular flexibility index (Phi) is 4.53. The Bertz CT molecular complexity index is 1290. The third kappa shape index (κ3) is 3.19. The molecule has 1 amide bonds. The van der Waals surface area contributed by atoms with Crippen LogP contribution in [0.2, 0.25) is 5.15 Å². The van der Waals surface area contributed by atoms with Gasteiger partial charge in [-0.1, -0.05) is 40.6 Å². The van der Waals surface area contributed by atoms with Gasteiger partial charge in [-0.25, -0.2) is 9.97 Å². The van der Waals surface area contributed by atoms with Crippen LogP contribution in [0, 0.1) is 13.8 Å². The maximum atomic E-state index is 13.1. The average molecular weight is 440 g/mol. The molecule has 0 radical (unpaired) electrons. The molecule has 0 saturated carbocycles. The Labute approximate surface area is 181 Å². The van der Waals surface area contributed by atoms with Gasteiger partial charge in [0, 0.05) is 10.9 Å². The molecule has 2 unspecified atom stereocenters. The van der Waals surface area contributed by atoms with E-state index in [4.69, 9.17) is 16.6 Å². The van der Waals surface area contributed by atoms with E-state index in [0.717, 1.165) is 32.2 Å². The summed E-state index contributed by atoms with van der Waals surface area (Å²) in [6.45, 7) is 6.05. The molecule has 1 aliphatic rings. The molecular formula is C22H18ClN3OS2. The van der Waals surface area contributed by atoms with Gasteiger partial charge < -0.3 is 0 Å². The Morgan fingerprint density at radius 2 is 1.72 bits per heavy atom. The molecule has 5 rings (SSSR count). The number of aryl methyl sites for hydroxylation is 2. The minimum absolute atomic E-state index is 0.0520. The number of hydrogen-bond donors (Lipinski definition) is 0. The van der Waals surface area contributed by atoms with Crippen LogP contribution >= 0.6 is 34.7 Å². The molecule has 0 spiro atoms. The van der Waals surface area contributed by atoms with Crippen molar-refractivity contribution in [2.45, 2.75) is 31.4 Å². The first-order chi connectivity index (χ1) is 13.9. The van der Waals surface area contributed by atoms with Gasteiger partial charge in [0.15, 0.2) is 5.13 Å². The highest BCUT2D eigenvalue weighted by molar-refractivity contribution is 8.01. The third-order valence-corrected chi connectivity index (χ3v) is 7.76. The van der Waals surface area contributed by atoms with Gasteiger partial charge in [0.2, 0.25) is 5.91 Å². The summed E-state index contributed by atoms with van der Waals surface area (Å²) in [7, 11) is 0. The van der Waals surface area contributed by atoms with Crippen LogP contribution in [-0.2, 0) is 4.79 Å². The average Bonchev–Trinajstić information content (AvgIpc) is 3.21. The maximum Gasteiger partial charge on any atom is 0.242 e. The van der Waals surface area contributed by atoms with Gasteiger partial charge in [0.1, 0.15) is 10.5 Å². The van der Waals surface area contributed by atoms with Crippen LogP contribution in [0.4, 0.5) is 5.13 Å². The molecule has 1 fully saturated rings. The van der Waals surface area contributed by atoms with Crippen LogP contribution in [0.1, 0.15) is 29.0 Å². The summed E-state index contributed by atoms with van der Waals surface area (Å²) in [4.78, 5) is 24.2. The molecule has 1 aliphatic heterocycles. The zero-order valence-corrected chi connectivity index (χ0v) is 18.5. The summed E-state index contributed by atoms with van der Waals surface area (Å²) >= 11 is 9.72. The number of aromatic nitrogens is 2. The van der Waals surface area contributed by atoms with E-state index >= 15 is 0 Å². The van der Waals surface area contributed by atoms with Crippen LogP contribution in [0.5, 0.6) is 0 Å². The first-order valence-electron chi connectivity index (χ1n) is 9.33. The summed E-state index contributed by atoms with van der Waals surface area (Å²) in [5, 5.41) is 1.75. The molecule has 1 saturated heterocycles. The molecule has 29 heavy (non-hydrogen) atoms. The van der Waals surface area contributed by atoms with E-state index < -0.39 is 0 Å². The number of thioether (sulfide) groups is 1. The predicted octanol–water partition coefficient (Wildman–Crippen LogP) is 6.28. The van der Waals surface area contributed by atoms with Crippen LogP contribution < -0.4 is 4.90 Å². The number of amides is 1. The highest BCUT2D eigenvalue weighted by Crippen LogP contribution is 2.49. The van der Waals surface area contributed by atoms with Crippen molar-refractivity contribution in [3.63, 3.8) is 0 Å². The van der Waals surface area contributed by atoms with Crippen molar-refractivity contribution < 1.29 is 4.79 Å². The van der Waals surface area contributed by atoms with Crippen LogP contribution in [0.15, 0.2) is 42.5 Å². The second-order valence-electron chi connectivity index (χ2n) is 7.37. The van der Waals surface area contributed by atoms with Gasteiger partial charge in [-0.15, -0.1) is 11.8 Å². The second kappa shape index (κ2) is 6.97. The summed E-state index contributed by atoms with van der Waals surface area (Å²) in [5.74, 6) is 0.0520. The molecular weight excluding hydrogens is 422 g/mol. The predicted molar refractivity (Wildman–Crippen MR) is 123 cm³/mol. The summed E-state index contributed by atoms with van der Waals surface area (Å²) in [5.41, 5.74) is 4.95. The summed E-state index contributed by atoms with van der Waals surface area (Å²) < 4.78 is 1.08. The topological polar surface area (TPSA) is 46.1 Å². The molecule has 146 valence electrons. The molecule has 2 aromatic carbocycles. The summed E-state index contributed by atoms with van der Waals surface area (Å²) in [6.07, 6.45) is 0. The van der Waals surface area contributed by atoms with Crippen molar-refractivity contribution in [3.05, 3.63) is 64.3 Å². The van der Waals surface area contributed by atoms with Crippen molar-refractivity contribution in [1.29, 1.82) is 0 Å². The maximum absolute atomic E-state index is 13.1. The van der Waals surface area contributed by atoms with Gasteiger partial charge in [-0.2, -0.15) is 0 Å². The van der Waals surface area contributed by atoms with E-state index in [2.05, 4.69) is 37.0 Å². The fraction of sp³-hybridized carbons (Fsp3) is 0.227. The molecule has 2 atom stereocenters. The first kappa shape index (κ1) is 18.9. The number of nitrogens with zero attached hydrogens (tertiary/aromatic N) is 3. The van der Waals surface area contributed by atoms with E-state index in [0.29, 0.717) is 10.3 Å². The van der Waals surface area contributed by atoms with Gasteiger partial charge in [0.05, 0.1) is 21.0 Å². The van der Waals surface area contributed by atoms with E-state index in [1.807, 2.05) is 31.2 Å². The first-order valence-corrected chi connectivity index (χ1v) is 11.5. The Balaban J connectivity index is 1.65. The Morgan fingerprint density at radius 1 is 1.00 bits per heavy atom. The number of halogens is 1. The minimum Gasteiger partial charge on any atom is -0.273 e. The quantitative estimate of drug-likeness (QED) is 0.345. The van der Waals surface area contributed by atoms with Crippen molar-refractivity contribution in [1.82, 2.24) is 9.97 Å². The molecule has 4 aromatic rings. The Hall–Kier alpha value is -2.15. The lowest BCUT2D eigenvalue weighted by Crippen LogP contribution is -2.30. The van der Waals surface area contributed by atoms with Gasteiger partial charge in [-0.3, -0.25) is 9.69 Å². The normalized spacial score (nSPS) is 19.6. The van der Waals surface area contributed by atoms with E-state index in [1.165, 1.54) is 5.56 Å². The number of carbonyl (C=O) groups is 1. The van der Waals surface area contributed by atoms with Crippen molar-refractivity contribution in [3.8, 4) is 0 Å². The van der Waals surface area contributed by atoms with Gasteiger partial charge >= 0.3 is 0 Å². The number of pyridine rings is 1. The number of rotatable bonds is 2. The lowest BCUT2D eigenvalue weighted by molar-refractivity contribution is -0.117. The molecule has 7 heteroatoms. The minimum atomic E-state index is -0.246. The Morgan fingerprint density at radius 3 is 2.52 bits per heavy atom. The summed E-state index contributed by atoms with van der Waals surface area (Å²) in [6, 6.07) is 14.3. The lowest BCUT2D eigenvalue weighted by atomic mass is 10.1. The third-order valence-electron chi connectivity index (χ3n) is 5.11. The van der Waals surface area contributed by atoms with Crippen molar-refractivity contribution >= 4 is 66.9 Å². The molecule has 2 aromatic heterocycles. The number of carbonyl (C=O) groups excluding carboxylic acids is 1. The SMILES string of the molecule is Cc1ccc2nc(Cl)c(C3SC(C)C(=O)N3c3nc4ccc(C)cc4s3)cc2c1. The monoisotopic (exact) mass is 439 g/mol. The molecule has 0 N–H and O–H groups in total. The number of benzene rings is 2. The van der Waals surface area contributed by atoms with Crippen LogP contribution in [0.3, 0.4) is 0 Å². The fourth-order valence-corrected chi connectivity index (χ4v) is 6.36. The molecule has 0 aliphatic carbocycles. The number of thiazole rings is 1. The zero-order valence-electron chi connectivity index (χ0n) is 16.1. The lowest BCUT2D eigenvalue weighted by Gasteiger charge is -2.22. The number of anilines is 1. The standard InChI is InChI=1S/C22H18ClN3OS2/c1-11-4-6-16-14(8-11)10-15(19(23)24-16)21-26(20(27)13(3)28-21)22-25-17-7-5-12(2)9-18(17)29-22/h4-10,13,21H,1-3H3. The second-order valence-corrected chi connectivity index (χ2v) is 10.2. The molecule has 3 heterocycles. The van der Waals surface area contributed by atoms with Crippen molar-refractivity contribution in [2.24, 2.45) is 0 Å². The molecule has 4 nitrogen and oxygen atoms in total. The van der Waals surface area contributed by atoms with Crippen LogP contribution in [-0.4, -0.2) is 21.1 Å². The zero-order chi connectivity index (χ0) is 20.3. The number of fused-ring (bicyclic) bond motifs is 2. The van der Waals surface area contributed by atoms with Crippen molar-refractivity contribution in [2.75, 3.05) is 4.90 Å².